The summed E-state index contributed by atoms with van der Waals surface area (Å²) in [5, 5.41) is 0. The van der Waals surface area contributed by atoms with E-state index in [1.165, 1.54) is 4.90 Å². The first-order valence-corrected chi connectivity index (χ1v) is 12.1. The molecule has 1 heterocycles. The number of rotatable bonds is 5. The van der Waals surface area contributed by atoms with Gasteiger partial charge in [-0.1, -0.05) is 6.92 Å². The van der Waals surface area contributed by atoms with E-state index in [9.17, 15) is 49.1 Å². The Kier molecular flexibility index (Phi) is 8.70. The first kappa shape index (κ1) is 31.1. The van der Waals surface area contributed by atoms with E-state index in [2.05, 4.69) is 0 Å². The minimum atomic E-state index is -5.14. The number of nitrogens with zero attached hydrogens (tertiary/aromatic N) is 2. The molecule has 2 aromatic carbocycles. The average Bonchev–Trinajstić information content (AvgIpc) is 2.85. The first-order chi connectivity index (χ1) is 18.4. The lowest BCUT2D eigenvalue weighted by Gasteiger charge is -2.40. The fraction of sp³-hybridized carbons (Fsp3) is 0.462. The van der Waals surface area contributed by atoms with Crippen LogP contribution in [0.4, 0.5) is 55.7 Å². The monoisotopic (exact) mass is 584 g/mol. The van der Waals surface area contributed by atoms with Crippen molar-refractivity contribution < 1.29 is 53.8 Å². The fourth-order valence-electron chi connectivity index (χ4n) is 4.64. The van der Waals surface area contributed by atoms with Crippen molar-refractivity contribution in [3.8, 4) is 0 Å². The van der Waals surface area contributed by atoms with Crippen LogP contribution in [0.2, 0.25) is 0 Å². The maximum absolute atomic E-state index is 13.5. The average molecular weight is 584 g/mol. The lowest BCUT2D eigenvalue weighted by molar-refractivity contribution is -0.143. The van der Waals surface area contributed by atoms with E-state index in [-0.39, 0.29) is 30.3 Å². The molecule has 0 radical (unpaired) electrons. The Bertz CT molecular complexity index is 1220. The van der Waals surface area contributed by atoms with Crippen molar-refractivity contribution in [1.82, 2.24) is 0 Å². The van der Waals surface area contributed by atoms with Gasteiger partial charge >= 0.3 is 24.6 Å². The second kappa shape index (κ2) is 11.2. The largest absolute Gasteiger partial charge is 0.449 e. The van der Waals surface area contributed by atoms with Crippen LogP contribution in [-0.2, 0) is 28.1 Å². The number of fused-ring (bicyclic) bond motifs is 1. The van der Waals surface area contributed by atoms with Crippen molar-refractivity contribution in [3.05, 3.63) is 58.7 Å². The Labute approximate surface area is 223 Å². The molecule has 0 aliphatic carbocycles. The SMILES string of the molecule is CCOC(=O)N1c2ccc(C(F)(F)F)cc2C(CC(=O)N(C)c2cc(C(F)(F)F)cc(C(F)(F)F)c2)C[C@@H]1CC. The fourth-order valence-corrected chi connectivity index (χ4v) is 4.64. The summed E-state index contributed by atoms with van der Waals surface area (Å²) in [6.07, 6.45) is -16.1. The predicted molar refractivity (Wildman–Crippen MR) is 127 cm³/mol. The third kappa shape index (κ3) is 6.64. The van der Waals surface area contributed by atoms with Gasteiger partial charge in [0.25, 0.3) is 0 Å². The number of hydrogen-bond acceptors (Lipinski definition) is 3. The van der Waals surface area contributed by atoms with Crippen LogP contribution >= 0.6 is 0 Å². The van der Waals surface area contributed by atoms with Crippen LogP contribution in [-0.4, -0.2) is 31.7 Å². The standard InChI is InChI=1S/C26H25F9N2O3/c1-4-18-8-14(20-13-15(24(27,28)29)6-7-21(20)37(18)23(39)40-5-2)9-22(38)36(3)19-11-16(25(30,31)32)10-17(12-19)26(33,34)35/h6-7,10-14,18H,4-5,8-9H2,1-3H3/t14?,18-/m0/s1. The molecule has 0 spiro atoms. The molecule has 0 saturated heterocycles. The van der Waals surface area contributed by atoms with E-state index < -0.39 is 71.3 Å². The molecule has 1 aliphatic rings. The Morgan fingerprint density at radius 1 is 0.875 bits per heavy atom. The summed E-state index contributed by atoms with van der Waals surface area (Å²) in [6.45, 7) is 3.25. The number of carbonyl (C=O) groups is 2. The molecule has 2 amide bonds. The minimum absolute atomic E-state index is 0.000400. The zero-order valence-electron chi connectivity index (χ0n) is 21.5. The number of benzene rings is 2. The second-order valence-corrected chi connectivity index (χ2v) is 9.26. The van der Waals surface area contributed by atoms with Crippen LogP contribution in [0, 0.1) is 0 Å². The van der Waals surface area contributed by atoms with Gasteiger partial charge < -0.3 is 9.64 Å². The smallest absolute Gasteiger partial charge is 0.416 e. The Hall–Kier alpha value is -3.45. The quantitative estimate of drug-likeness (QED) is 0.335. The van der Waals surface area contributed by atoms with E-state index in [0.717, 1.165) is 25.2 Å². The van der Waals surface area contributed by atoms with Gasteiger partial charge in [0.15, 0.2) is 0 Å². The summed E-state index contributed by atoms with van der Waals surface area (Å²) in [5.74, 6) is -1.86. The van der Waals surface area contributed by atoms with Crippen molar-refractivity contribution in [2.75, 3.05) is 23.5 Å². The highest BCUT2D eigenvalue weighted by Crippen LogP contribution is 2.45. The molecule has 1 aliphatic heterocycles. The minimum Gasteiger partial charge on any atom is -0.449 e. The lowest BCUT2D eigenvalue weighted by atomic mass is 9.81. The molecule has 0 fully saturated rings. The van der Waals surface area contributed by atoms with E-state index >= 15 is 0 Å². The van der Waals surface area contributed by atoms with E-state index in [4.69, 9.17) is 4.74 Å². The highest BCUT2D eigenvalue weighted by molar-refractivity contribution is 5.95. The van der Waals surface area contributed by atoms with Crippen LogP contribution in [0.15, 0.2) is 36.4 Å². The Balaban J connectivity index is 2.04. The number of halogens is 9. The summed E-state index contributed by atoms with van der Waals surface area (Å²) in [7, 11) is 0.982. The molecule has 0 N–H and O–H groups in total. The van der Waals surface area contributed by atoms with Gasteiger partial charge in [0.2, 0.25) is 5.91 Å². The predicted octanol–water partition coefficient (Wildman–Crippen LogP) is 8.02. The van der Waals surface area contributed by atoms with Gasteiger partial charge in [-0.25, -0.2) is 4.79 Å². The molecule has 2 atom stereocenters. The van der Waals surface area contributed by atoms with Gasteiger partial charge in [0.05, 0.1) is 29.0 Å². The molecule has 40 heavy (non-hydrogen) atoms. The summed E-state index contributed by atoms with van der Waals surface area (Å²) < 4.78 is 125. The van der Waals surface area contributed by atoms with Gasteiger partial charge in [-0.15, -0.1) is 0 Å². The van der Waals surface area contributed by atoms with Crippen LogP contribution in [0.25, 0.3) is 0 Å². The molecule has 1 unspecified atom stereocenters. The molecule has 0 bridgehead atoms. The summed E-state index contributed by atoms with van der Waals surface area (Å²) in [4.78, 5) is 27.7. The van der Waals surface area contributed by atoms with Crippen LogP contribution < -0.4 is 9.80 Å². The van der Waals surface area contributed by atoms with Gasteiger partial charge in [0, 0.05) is 25.2 Å². The topological polar surface area (TPSA) is 49.9 Å². The molecular formula is C26H25F9N2O3. The summed E-state index contributed by atoms with van der Waals surface area (Å²) >= 11 is 0. The van der Waals surface area contributed by atoms with Crippen LogP contribution in [0.3, 0.4) is 0 Å². The van der Waals surface area contributed by atoms with Gasteiger partial charge in [0.1, 0.15) is 0 Å². The van der Waals surface area contributed by atoms with Crippen molar-refractivity contribution in [2.24, 2.45) is 0 Å². The van der Waals surface area contributed by atoms with Crippen molar-refractivity contribution in [1.29, 1.82) is 0 Å². The third-order valence-corrected chi connectivity index (χ3v) is 6.67. The third-order valence-electron chi connectivity index (χ3n) is 6.67. The van der Waals surface area contributed by atoms with Crippen molar-refractivity contribution in [2.45, 2.75) is 63.6 Å². The highest BCUT2D eigenvalue weighted by Gasteiger charge is 2.41. The molecular weight excluding hydrogens is 559 g/mol. The number of hydrogen-bond donors (Lipinski definition) is 0. The first-order valence-electron chi connectivity index (χ1n) is 12.1. The normalized spacial score (nSPS) is 17.9. The molecule has 3 rings (SSSR count). The van der Waals surface area contributed by atoms with Crippen LogP contribution in [0.5, 0.6) is 0 Å². The maximum Gasteiger partial charge on any atom is 0.416 e. The molecule has 220 valence electrons. The molecule has 0 saturated carbocycles. The molecule has 2 aromatic rings. The van der Waals surface area contributed by atoms with Crippen LogP contribution in [0.1, 0.15) is 61.3 Å². The number of alkyl halides is 9. The zero-order chi connectivity index (χ0) is 30.2. The van der Waals surface area contributed by atoms with Gasteiger partial charge in [-0.2, -0.15) is 39.5 Å². The second-order valence-electron chi connectivity index (χ2n) is 9.26. The Morgan fingerprint density at radius 2 is 1.43 bits per heavy atom. The van der Waals surface area contributed by atoms with Crippen molar-refractivity contribution >= 4 is 23.4 Å². The molecule has 14 heteroatoms. The number of ether oxygens (including phenoxy) is 1. The lowest BCUT2D eigenvalue weighted by Crippen LogP contribution is -2.45. The zero-order valence-corrected chi connectivity index (χ0v) is 21.5. The maximum atomic E-state index is 13.5. The van der Waals surface area contributed by atoms with E-state index in [0.29, 0.717) is 23.5 Å². The number of anilines is 2. The Morgan fingerprint density at radius 3 is 1.90 bits per heavy atom. The van der Waals surface area contributed by atoms with Crippen molar-refractivity contribution in [3.63, 3.8) is 0 Å². The van der Waals surface area contributed by atoms with Gasteiger partial charge in [-0.05, 0) is 67.6 Å². The number of carbonyl (C=O) groups excluding carboxylic acids is 2. The number of amides is 2. The van der Waals surface area contributed by atoms with E-state index in [1.54, 1.807) is 13.8 Å². The van der Waals surface area contributed by atoms with Gasteiger partial charge in [-0.3, -0.25) is 9.69 Å². The highest BCUT2D eigenvalue weighted by atomic mass is 19.4. The van der Waals surface area contributed by atoms with E-state index in [1.807, 2.05) is 0 Å². The summed E-state index contributed by atoms with van der Waals surface area (Å²) in [5.41, 5.74) is -4.93. The molecule has 0 aromatic heterocycles. The summed E-state index contributed by atoms with van der Waals surface area (Å²) in [6, 6.07) is 2.75. The molecule has 5 nitrogen and oxygen atoms in total.